The van der Waals surface area contributed by atoms with Crippen LogP contribution in [0.25, 0.3) is 0 Å². The van der Waals surface area contributed by atoms with E-state index in [1.165, 1.54) is 36.9 Å². The molecule has 3 aliphatic rings. The Morgan fingerprint density at radius 3 is 2.46 bits per heavy atom. The van der Waals surface area contributed by atoms with Crippen LogP contribution in [0.2, 0.25) is 0 Å². The lowest BCUT2D eigenvalue weighted by molar-refractivity contribution is -0.118. The molecule has 1 amide bonds. The molecule has 142 valence electrons. The van der Waals surface area contributed by atoms with Gasteiger partial charge in [-0.15, -0.1) is 0 Å². The average molecular weight is 355 g/mol. The standard InChI is InChI=1S/C23H34N2O/c1-16(2)18-8-10-20(11-9-18)24-13-12-21(17(3)15-24)25-22-7-5-4-6-19(22)14-23(25)26/h4-7,16-18,20-21H,8-15H2,1-3H3. The van der Waals surface area contributed by atoms with Crippen molar-refractivity contribution in [2.45, 2.75) is 71.4 Å². The van der Waals surface area contributed by atoms with E-state index in [2.05, 4.69) is 54.8 Å². The van der Waals surface area contributed by atoms with Crippen molar-refractivity contribution in [3.8, 4) is 0 Å². The van der Waals surface area contributed by atoms with Gasteiger partial charge in [0.1, 0.15) is 0 Å². The summed E-state index contributed by atoms with van der Waals surface area (Å²) in [6.45, 7) is 9.41. The Hall–Kier alpha value is -1.35. The van der Waals surface area contributed by atoms with E-state index in [0.717, 1.165) is 37.4 Å². The number of piperidine rings is 1. The maximum absolute atomic E-state index is 12.7. The van der Waals surface area contributed by atoms with Crippen LogP contribution in [0.5, 0.6) is 0 Å². The minimum Gasteiger partial charge on any atom is -0.308 e. The first-order chi connectivity index (χ1) is 12.5. The zero-order valence-corrected chi connectivity index (χ0v) is 16.7. The van der Waals surface area contributed by atoms with Crippen LogP contribution in [0.15, 0.2) is 24.3 Å². The number of amides is 1. The summed E-state index contributed by atoms with van der Waals surface area (Å²) in [5.74, 6) is 2.61. The number of para-hydroxylation sites is 1. The van der Waals surface area contributed by atoms with Gasteiger partial charge in [0.15, 0.2) is 0 Å². The van der Waals surface area contributed by atoms with Crippen molar-refractivity contribution in [2.75, 3.05) is 18.0 Å². The molecule has 0 N–H and O–H groups in total. The second kappa shape index (κ2) is 7.34. The van der Waals surface area contributed by atoms with Crippen LogP contribution in [0.4, 0.5) is 5.69 Å². The summed E-state index contributed by atoms with van der Waals surface area (Å²) in [4.78, 5) is 17.5. The second-order valence-electron chi connectivity index (χ2n) is 9.21. The molecule has 0 radical (unpaired) electrons. The number of anilines is 1. The highest BCUT2D eigenvalue weighted by Crippen LogP contribution is 2.37. The fourth-order valence-electron chi connectivity index (χ4n) is 5.66. The van der Waals surface area contributed by atoms with Gasteiger partial charge in [-0.1, -0.05) is 39.0 Å². The van der Waals surface area contributed by atoms with E-state index in [1.807, 2.05) is 0 Å². The molecule has 0 aromatic heterocycles. The number of carbonyl (C=O) groups excluding carboxylic acids is 1. The van der Waals surface area contributed by atoms with Crippen molar-refractivity contribution in [1.82, 2.24) is 4.90 Å². The molecule has 2 fully saturated rings. The van der Waals surface area contributed by atoms with Crippen LogP contribution in [-0.4, -0.2) is 36.0 Å². The number of hydrogen-bond acceptors (Lipinski definition) is 2. The predicted molar refractivity (Wildman–Crippen MR) is 107 cm³/mol. The molecule has 0 spiro atoms. The monoisotopic (exact) mass is 354 g/mol. The lowest BCUT2D eigenvalue weighted by Gasteiger charge is -2.46. The van der Waals surface area contributed by atoms with Crippen LogP contribution in [0.3, 0.4) is 0 Å². The Labute approximate surface area is 158 Å². The third-order valence-corrected chi connectivity index (χ3v) is 7.29. The van der Waals surface area contributed by atoms with Crippen molar-refractivity contribution < 1.29 is 4.79 Å². The maximum atomic E-state index is 12.7. The van der Waals surface area contributed by atoms with Crippen LogP contribution in [0.1, 0.15) is 58.4 Å². The molecule has 4 rings (SSSR count). The van der Waals surface area contributed by atoms with Crippen molar-refractivity contribution in [2.24, 2.45) is 17.8 Å². The first kappa shape index (κ1) is 18.0. The summed E-state index contributed by atoms with van der Waals surface area (Å²) in [5, 5.41) is 0. The van der Waals surface area contributed by atoms with Gasteiger partial charge in [-0.3, -0.25) is 9.69 Å². The molecule has 2 atom stereocenters. The molecule has 0 bridgehead atoms. The van der Waals surface area contributed by atoms with Gasteiger partial charge in [0, 0.05) is 30.9 Å². The molecule has 2 aliphatic heterocycles. The number of hydrogen-bond donors (Lipinski definition) is 0. The van der Waals surface area contributed by atoms with Crippen LogP contribution < -0.4 is 4.90 Å². The topological polar surface area (TPSA) is 23.6 Å². The summed E-state index contributed by atoms with van der Waals surface area (Å²) in [5.41, 5.74) is 2.37. The Bertz CT molecular complexity index is 647. The van der Waals surface area contributed by atoms with Gasteiger partial charge in [0.05, 0.1) is 6.42 Å². The summed E-state index contributed by atoms with van der Waals surface area (Å²) in [6.07, 6.45) is 7.23. The van der Waals surface area contributed by atoms with Gasteiger partial charge in [-0.25, -0.2) is 0 Å². The summed E-state index contributed by atoms with van der Waals surface area (Å²) >= 11 is 0. The van der Waals surface area contributed by atoms with Crippen molar-refractivity contribution in [1.29, 1.82) is 0 Å². The van der Waals surface area contributed by atoms with E-state index in [1.54, 1.807) is 0 Å². The predicted octanol–water partition coefficient (Wildman–Crippen LogP) is 4.50. The number of benzene rings is 1. The van der Waals surface area contributed by atoms with Gasteiger partial charge in [0.2, 0.25) is 5.91 Å². The molecular formula is C23H34N2O. The maximum Gasteiger partial charge on any atom is 0.231 e. The highest BCUT2D eigenvalue weighted by molar-refractivity contribution is 6.01. The van der Waals surface area contributed by atoms with E-state index in [4.69, 9.17) is 0 Å². The van der Waals surface area contributed by atoms with Crippen molar-refractivity contribution >= 4 is 11.6 Å². The smallest absolute Gasteiger partial charge is 0.231 e. The molecule has 1 aromatic rings. The third kappa shape index (κ3) is 3.31. The van der Waals surface area contributed by atoms with E-state index >= 15 is 0 Å². The first-order valence-corrected chi connectivity index (χ1v) is 10.7. The number of fused-ring (bicyclic) bond motifs is 1. The summed E-state index contributed by atoms with van der Waals surface area (Å²) < 4.78 is 0. The van der Waals surface area contributed by atoms with E-state index < -0.39 is 0 Å². The van der Waals surface area contributed by atoms with Crippen molar-refractivity contribution in [3.63, 3.8) is 0 Å². The normalized spacial score (nSPS) is 32.9. The zero-order chi connectivity index (χ0) is 18.3. The van der Waals surface area contributed by atoms with E-state index in [0.29, 0.717) is 24.3 Å². The largest absolute Gasteiger partial charge is 0.308 e. The fraction of sp³-hybridized carbons (Fsp3) is 0.696. The van der Waals surface area contributed by atoms with Crippen LogP contribution in [-0.2, 0) is 11.2 Å². The number of rotatable bonds is 3. The molecule has 3 heteroatoms. The Morgan fingerprint density at radius 1 is 1.04 bits per heavy atom. The quantitative estimate of drug-likeness (QED) is 0.798. The molecule has 1 saturated heterocycles. The van der Waals surface area contributed by atoms with Gasteiger partial charge < -0.3 is 4.90 Å². The van der Waals surface area contributed by atoms with Crippen molar-refractivity contribution in [3.05, 3.63) is 29.8 Å². The summed E-state index contributed by atoms with van der Waals surface area (Å²) in [7, 11) is 0. The Balaban J connectivity index is 1.40. The first-order valence-electron chi connectivity index (χ1n) is 10.7. The lowest BCUT2D eigenvalue weighted by Crippen LogP contribution is -2.54. The van der Waals surface area contributed by atoms with Crippen LogP contribution >= 0.6 is 0 Å². The minimum absolute atomic E-state index is 0.300. The highest BCUT2D eigenvalue weighted by Gasteiger charge is 2.39. The van der Waals surface area contributed by atoms with Gasteiger partial charge in [-0.05, 0) is 61.5 Å². The van der Waals surface area contributed by atoms with E-state index in [-0.39, 0.29) is 0 Å². The molecule has 1 aliphatic carbocycles. The molecular weight excluding hydrogens is 320 g/mol. The van der Waals surface area contributed by atoms with Crippen LogP contribution in [0, 0.1) is 17.8 Å². The number of likely N-dealkylation sites (tertiary alicyclic amines) is 1. The summed E-state index contributed by atoms with van der Waals surface area (Å²) in [6, 6.07) is 9.50. The minimum atomic E-state index is 0.300. The molecule has 26 heavy (non-hydrogen) atoms. The van der Waals surface area contributed by atoms with Gasteiger partial charge >= 0.3 is 0 Å². The second-order valence-corrected chi connectivity index (χ2v) is 9.21. The van der Waals surface area contributed by atoms with Gasteiger partial charge in [0.25, 0.3) is 0 Å². The zero-order valence-electron chi connectivity index (χ0n) is 16.7. The molecule has 1 saturated carbocycles. The molecule has 3 nitrogen and oxygen atoms in total. The molecule has 2 heterocycles. The van der Waals surface area contributed by atoms with E-state index in [9.17, 15) is 4.79 Å². The SMILES string of the molecule is CC(C)C1CCC(N2CCC(N3C(=O)Cc4ccccc43)C(C)C2)CC1. The average Bonchev–Trinajstić information content (AvgIpc) is 2.97. The van der Waals surface area contributed by atoms with Gasteiger partial charge in [-0.2, -0.15) is 0 Å². The highest BCUT2D eigenvalue weighted by atomic mass is 16.2. The third-order valence-electron chi connectivity index (χ3n) is 7.29. The molecule has 1 aromatic carbocycles. The number of nitrogens with zero attached hydrogens (tertiary/aromatic N) is 2. The lowest BCUT2D eigenvalue weighted by atomic mass is 9.78. The Kier molecular flexibility index (Phi) is 5.09. The Morgan fingerprint density at radius 2 is 1.77 bits per heavy atom. The fourth-order valence-corrected chi connectivity index (χ4v) is 5.66. The molecule has 2 unspecified atom stereocenters. The number of carbonyl (C=O) groups is 1.